The SMILES string of the molecule is Cc1ncsc1C1(C)CO1. The Bertz CT molecular complexity index is 252. The van der Waals surface area contributed by atoms with Gasteiger partial charge in [0.25, 0.3) is 0 Å². The summed E-state index contributed by atoms with van der Waals surface area (Å²) < 4.78 is 5.29. The van der Waals surface area contributed by atoms with E-state index in [1.54, 1.807) is 11.3 Å². The summed E-state index contributed by atoms with van der Waals surface area (Å²) in [5.41, 5.74) is 3.01. The summed E-state index contributed by atoms with van der Waals surface area (Å²) in [5.74, 6) is 0. The summed E-state index contributed by atoms with van der Waals surface area (Å²) >= 11 is 1.68. The molecular formula is C7H9NOS. The largest absolute Gasteiger partial charge is 0.364 e. The highest BCUT2D eigenvalue weighted by molar-refractivity contribution is 7.09. The molecule has 1 aromatic rings. The van der Waals surface area contributed by atoms with Gasteiger partial charge in [0, 0.05) is 0 Å². The second-order valence-corrected chi connectivity index (χ2v) is 3.64. The molecule has 1 fully saturated rings. The molecule has 3 heteroatoms. The molecule has 0 bridgehead atoms. The van der Waals surface area contributed by atoms with Crippen molar-refractivity contribution in [2.24, 2.45) is 0 Å². The van der Waals surface area contributed by atoms with Gasteiger partial charge >= 0.3 is 0 Å². The molecule has 1 aliphatic rings. The maximum Gasteiger partial charge on any atom is 0.125 e. The third-order valence-corrected chi connectivity index (χ3v) is 2.98. The zero-order chi connectivity index (χ0) is 7.19. The number of nitrogens with zero attached hydrogens (tertiary/aromatic N) is 1. The summed E-state index contributed by atoms with van der Waals surface area (Å²) in [6.45, 7) is 4.99. The third kappa shape index (κ3) is 0.777. The number of aryl methyl sites for hydroxylation is 1. The van der Waals surface area contributed by atoms with Crippen LogP contribution in [0.4, 0.5) is 0 Å². The first-order chi connectivity index (χ1) is 4.72. The first kappa shape index (κ1) is 6.31. The number of aromatic nitrogens is 1. The minimum absolute atomic E-state index is 0.0191. The Morgan fingerprint density at radius 1 is 1.80 bits per heavy atom. The zero-order valence-corrected chi connectivity index (χ0v) is 6.86. The predicted octanol–water partition coefficient (Wildman–Crippen LogP) is 1.70. The number of hydrogen-bond donors (Lipinski definition) is 0. The molecule has 1 atom stereocenters. The number of rotatable bonds is 1. The van der Waals surface area contributed by atoms with E-state index in [2.05, 4.69) is 11.9 Å². The molecule has 0 aromatic carbocycles. The molecule has 0 saturated carbocycles. The lowest BCUT2D eigenvalue weighted by atomic mass is 10.1. The average molecular weight is 155 g/mol. The fourth-order valence-electron chi connectivity index (χ4n) is 1.05. The minimum atomic E-state index is 0.0191. The molecule has 2 rings (SSSR count). The van der Waals surface area contributed by atoms with Gasteiger partial charge in [0.2, 0.25) is 0 Å². The fourth-order valence-corrected chi connectivity index (χ4v) is 1.96. The molecule has 0 amide bonds. The van der Waals surface area contributed by atoms with E-state index in [1.807, 2.05) is 12.4 Å². The number of thiazole rings is 1. The second kappa shape index (κ2) is 1.80. The van der Waals surface area contributed by atoms with E-state index in [4.69, 9.17) is 4.74 Å². The van der Waals surface area contributed by atoms with E-state index >= 15 is 0 Å². The Kier molecular flexibility index (Phi) is 1.13. The smallest absolute Gasteiger partial charge is 0.125 e. The molecule has 2 nitrogen and oxygen atoms in total. The number of ether oxygens (including phenoxy) is 1. The van der Waals surface area contributed by atoms with Crippen molar-refractivity contribution in [3.8, 4) is 0 Å². The van der Waals surface area contributed by atoms with Crippen LogP contribution in [0.2, 0.25) is 0 Å². The van der Waals surface area contributed by atoms with Gasteiger partial charge < -0.3 is 4.74 Å². The molecule has 1 unspecified atom stereocenters. The molecular weight excluding hydrogens is 146 g/mol. The summed E-state index contributed by atoms with van der Waals surface area (Å²) in [4.78, 5) is 5.45. The van der Waals surface area contributed by atoms with Crippen LogP contribution < -0.4 is 0 Å². The fraction of sp³-hybridized carbons (Fsp3) is 0.571. The molecule has 0 N–H and O–H groups in total. The van der Waals surface area contributed by atoms with Crippen LogP contribution in [0.1, 0.15) is 17.5 Å². The van der Waals surface area contributed by atoms with E-state index in [9.17, 15) is 0 Å². The zero-order valence-electron chi connectivity index (χ0n) is 6.05. The van der Waals surface area contributed by atoms with Gasteiger partial charge in [0.15, 0.2) is 0 Å². The van der Waals surface area contributed by atoms with Crippen LogP contribution in [-0.2, 0) is 10.3 Å². The lowest BCUT2D eigenvalue weighted by molar-refractivity contribution is 0.332. The first-order valence-electron chi connectivity index (χ1n) is 3.27. The molecule has 0 spiro atoms. The average Bonchev–Trinajstić information content (AvgIpc) is 2.44. The van der Waals surface area contributed by atoms with Gasteiger partial charge in [-0.3, -0.25) is 0 Å². The Hall–Kier alpha value is -0.410. The van der Waals surface area contributed by atoms with Gasteiger partial charge in [0.05, 0.1) is 22.7 Å². The highest BCUT2D eigenvalue weighted by Crippen LogP contribution is 2.41. The van der Waals surface area contributed by atoms with E-state index in [0.29, 0.717) is 0 Å². The van der Waals surface area contributed by atoms with Crippen molar-refractivity contribution < 1.29 is 4.74 Å². The van der Waals surface area contributed by atoms with Crippen molar-refractivity contribution in [3.63, 3.8) is 0 Å². The molecule has 10 heavy (non-hydrogen) atoms. The van der Waals surface area contributed by atoms with Crippen molar-refractivity contribution >= 4 is 11.3 Å². The minimum Gasteiger partial charge on any atom is -0.364 e. The molecule has 1 aromatic heterocycles. The van der Waals surface area contributed by atoms with Crippen molar-refractivity contribution in [1.29, 1.82) is 0 Å². The maximum absolute atomic E-state index is 5.29. The summed E-state index contributed by atoms with van der Waals surface area (Å²) in [7, 11) is 0. The molecule has 0 radical (unpaired) electrons. The Balaban J connectivity index is 2.42. The normalized spacial score (nSPS) is 30.6. The third-order valence-electron chi connectivity index (χ3n) is 1.80. The van der Waals surface area contributed by atoms with E-state index in [-0.39, 0.29) is 5.60 Å². The van der Waals surface area contributed by atoms with E-state index < -0.39 is 0 Å². The van der Waals surface area contributed by atoms with Crippen LogP contribution in [0.3, 0.4) is 0 Å². The summed E-state index contributed by atoms with van der Waals surface area (Å²) in [6.07, 6.45) is 0. The van der Waals surface area contributed by atoms with Gasteiger partial charge in [-0.15, -0.1) is 11.3 Å². The lowest BCUT2D eigenvalue weighted by Gasteiger charge is -1.99. The lowest BCUT2D eigenvalue weighted by Crippen LogP contribution is -2.00. The Morgan fingerprint density at radius 2 is 2.50 bits per heavy atom. The topological polar surface area (TPSA) is 25.4 Å². The van der Waals surface area contributed by atoms with Crippen LogP contribution in [0.15, 0.2) is 5.51 Å². The Morgan fingerprint density at radius 3 is 2.90 bits per heavy atom. The highest BCUT2D eigenvalue weighted by atomic mass is 32.1. The molecule has 1 aliphatic heterocycles. The summed E-state index contributed by atoms with van der Waals surface area (Å²) in [6, 6.07) is 0. The number of epoxide rings is 1. The van der Waals surface area contributed by atoms with Crippen LogP contribution in [0, 0.1) is 6.92 Å². The highest BCUT2D eigenvalue weighted by Gasteiger charge is 2.43. The maximum atomic E-state index is 5.29. The van der Waals surface area contributed by atoms with E-state index in [0.717, 1.165) is 12.3 Å². The van der Waals surface area contributed by atoms with Crippen molar-refractivity contribution in [3.05, 3.63) is 16.1 Å². The number of hydrogen-bond acceptors (Lipinski definition) is 3. The van der Waals surface area contributed by atoms with Crippen molar-refractivity contribution in [1.82, 2.24) is 4.98 Å². The summed E-state index contributed by atoms with van der Waals surface area (Å²) in [5, 5.41) is 0. The van der Waals surface area contributed by atoms with Crippen molar-refractivity contribution in [2.45, 2.75) is 19.4 Å². The van der Waals surface area contributed by atoms with Gasteiger partial charge in [-0.05, 0) is 13.8 Å². The van der Waals surface area contributed by atoms with Crippen LogP contribution in [-0.4, -0.2) is 11.6 Å². The van der Waals surface area contributed by atoms with Crippen molar-refractivity contribution in [2.75, 3.05) is 6.61 Å². The standard InChI is InChI=1S/C7H9NOS/c1-5-6(10-4-8-5)7(2)3-9-7/h4H,3H2,1-2H3. The van der Waals surface area contributed by atoms with Crippen LogP contribution in [0.5, 0.6) is 0 Å². The Labute approximate surface area is 63.9 Å². The first-order valence-corrected chi connectivity index (χ1v) is 4.15. The van der Waals surface area contributed by atoms with Gasteiger partial charge in [0.1, 0.15) is 5.60 Å². The van der Waals surface area contributed by atoms with Gasteiger partial charge in [-0.1, -0.05) is 0 Å². The molecule has 54 valence electrons. The van der Waals surface area contributed by atoms with Gasteiger partial charge in [-0.2, -0.15) is 0 Å². The second-order valence-electron chi connectivity index (χ2n) is 2.79. The monoisotopic (exact) mass is 155 g/mol. The van der Waals surface area contributed by atoms with Crippen LogP contribution >= 0.6 is 11.3 Å². The molecule has 2 heterocycles. The van der Waals surface area contributed by atoms with E-state index in [1.165, 1.54) is 4.88 Å². The predicted molar refractivity (Wildman–Crippen MR) is 40.2 cm³/mol. The van der Waals surface area contributed by atoms with Crippen LogP contribution in [0.25, 0.3) is 0 Å². The quantitative estimate of drug-likeness (QED) is 0.577. The molecule has 1 saturated heterocycles. The van der Waals surface area contributed by atoms with Gasteiger partial charge in [-0.25, -0.2) is 4.98 Å². The molecule has 0 aliphatic carbocycles.